The molecule has 0 bridgehead atoms. The summed E-state index contributed by atoms with van der Waals surface area (Å²) in [6.07, 6.45) is 27.7. The van der Waals surface area contributed by atoms with Crippen molar-refractivity contribution in [2.45, 2.75) is 142 Å². The zero-order valence-corrected chi connectivity index (χ0v) is 20.4. The van der Waals surface area contributed by atoms with E-state index in [0.717, 1.165) is 38.5 Å². The van der Waals surface area contributed by atoms with Crippen molar-refractivity contribution in [1.82, 2.24) is 0 Å². The number of ether oxygens (including phenoxy) is 1. The molecule has 0 rings (SSSR count). The minimum absolute atomic E-state index is 0.0423. The highest BCUT2D eigenvalue weighted by atomic mass is 16.5. The Morgan fingerprint density at radius 2 is 1.10 bits per heavy atom. The summed E-state index contributed by atoms with van der Waals surface area (Å²) < 4.78 is 5.33. The van der Waals surface area contributed by atoms with Gasteiger partial charge in [0.1, 0.15) is 0 Å². The van der Waals surface area contributed by atoms with Crippen LogP contribution in [0.15, 0.2) is 12.2 Å². The van der Waals surface area contributed by atoms with E-state index in [9.17, 15) is 9.59 Å². The zero-order chi connectivity index (χ0) is 22.8. The monoisotopic (exact) mass is 438 g/mol. The molecule has 0 aromatic carbocycles. The number of unbranched alkanes of at least 4 members (excludes halogenated alkanes) is 16. The summed E-state index contributed by atoms with van der Waals surface area (Å²) in [4.78, 5) is 22.1. The van der Waals surface area contributed by atoms with Crippen LogP contribution in [0.4, 0.5) is 0 Å². The summed E-state index contributed by atoms with van der Waals surface area (Å²) in [5, 5.41) is 8.58. The molecule has 0 radical (unpaired) electrons. The van der Waals surface area contributed by atoms with Crippen molar-refractivity contribution in [2.75, 3.05) is 6.61 Å². The van der Waals surface area contributed by atoms with Gasteiger partial charge in [0, 0.05) is 12.8 Å². The number of esters is 1. The van der Waals surface area contributed by atoms with Crippen LogP contribution in [-0.4, -0.2) is 23.7 Å². The second kappa shape index (κ2) is 24.9. The Labute approximate surface area is 192 Å². The average Bonchev–Trinajstić information content (AvgIpc) is 2.75. The SMILES string of the molecule is CCCCCC/C=C\CCCC(=O)OCCCCCCCCCCCCCCC(=O)O. The van der Waals surface area contributed by atoms with E-state index in [2.05, 4.69) is 19.1 Å². The Bertz CT molecular complexity index is 431. The topological polar surface area (TPSA) is 63.6 Å². The molecule has 182 valence electrons. The van der Waals surface area contributed by atoms with Gasteiger partial charge in [-0.15, -0.1) is 0 Å². The molecule has 0 aromatic rings. The maximum atomic E-state index is 11.7. The highest BCUT2D eigenvalue weighted by Gasteiger charge is 2.01. The van der Waals surface area contributed by atoms with Crippen LogP contribution in [0.2, 0.25) is 0 Å². The molecular weight excluding hydrogens is 388 g/mol. The second-order valence-electron chi connectivity index (χ2n) is 8.82. The largest absolute Gasteiger partial charge is 0.481 e. The Morgan fingerprint density at radius 1 is 0.613 bits per heavy atom. The highest BCUT2D eigenvalue weighted by Crippen LogP contribution is 2.12. The Kier molecular flexibility index (Phi) is 23.9. The van der Waals surface area contributed by atoms with Gasteiger partial charge in [0.25, 0.3) is 0 Å². The molecule has 31 heavy (non-hydrogen) atoms. The lowest BCUT2D eigenvalue weighted by Crippen LogP contribution is -2.05. The van der Waals surface area contributed by atoms with E-state index >= 15 is 0 Å². The number of hydrogen-bond donors (Lipinski definition) is 1. The molecule has 0 heterocycles. The molecule has 0 aliphatic carbocycles. The standard InChI is InChI=1S/C27H50O4/c1-2-3-4-5-6-11-15-18-21-24-27(30)31-25-22-19-16-13-10-8-7-9-12-14-17-20-23-26(28)29/h11,15H,2-10,12-14,16-25H2,1H3,(H,28,29)/b15-11-. The van der Waals surface area contributed by atoms with Gasteiger partial charge in [0.2, 0.25) is 0 Å². The number of aliphatic carboxylic acids is 1. The number of allylic oxidation sites excluding steroid dienone is 2. The molecule has 0 aliphatic heterocycles. The van der Waals surface area contributed by atoms with Gasteiger partial charge < -0.3 is 9.84 Å². The quantitative estimate of drug-likeness (QED) is 0.0933. The molecule has 0 aromatic heterocycles. The van der Waals surface area contributed by atoms with Crippen molar-refractivity contribution in [1.29, 1.82) is 0 Å². The number of rotatable bonds is 24. The summed E-state index contributed by atoms with van der Waals surface area (Å²) in [5.74, 6) is -0.718. The van der Waals surface area contributed by atoms with Gasteiger partial charge in [0.05, 0.1) is 6.61 Å². The van der Waals surface area contributed by atoms with Gasteiger partial charge in [0.15, 0.2) is 0 Å². The predicted molar refractivity (Wildman–Crippen MR) is 130 cm³/mol. The molecule has 0 atom stereocenters. The molecule has 1 N–H and O–H groups in total. The van der Waals surface area contributed by atoms with E-state index in [-0.39, 0.29) is 5.97 Å². The smallest absolute Gasteiger partial charge is 0.305 e. The molecule has 0 unspecified atom stereocenters. The molecule has 4 heteroatoms. The van der Waals surface area contributed by atoms with E-state index in [0.29, 0.717) is 19.4 Å². The van der Waals surface area contributed by atoms with Gasteiger partial charge >= 0.3 is 11.9 Å². The summed E-state index contributed by atoms with van der Waals surface area (Å²) in [7, 11) is 0. The molecule has 0 fully saturated rings. The van der Waals surface area contributed by atoms with E-state index in [4.69, 9.17) is 9.84 Å². The van der Waals surface area contributed by atoms with Gasteiger partial charge in [-0.3, -0.25) is 9.59 Å². The first-order valence-electron chi connectivity index (χ1n) is 13.2. The fraction of sp³-hybridized carbons (Fsp3) is 0.852. The number of carbonyl (C=O) groups excluding carboxylic acids is 1. The minimum atomic E-state index is -0.676. The van der Waals surface area contributed by atoms with E-state index in [1.165, 1.54) is 83.5 Å². The first-order valence-corrected chi connectivity index (χ1v) is 13.2. The van der Waals surface area contributed by atoms with E-state index in [1.54, 1.807) is 0 Å². The van der Waals surface area contributed by atoms with Crippen molar-refractivity contribution in [3.05, 3.63) is 12.2 Å². The summed E-state index contributed by atoms with van der Waals surface area (Å²) in [6, 6.07) is 0. The highest BCUT2D eigenvalue weighted by molar-refractivity contribution is 5.69. The fourth-order valence-corrected chi connectivity index (χ4v) is 3.69. The van der Waals surface area contributed by atoms with Gasteiger partial charge in [-0.25, -0.2) is 0 Å². The zero-order valence-electron chi connectivity index (χ0n) is 20.4. The predicted octanol–water partition coefficient (Wildman–Crippen LogP) is 8.38. The molecule has 0 amide bonds. The van der Waals surface area contributed by atoms with Crippen LogP contribution in [0.25, 0.3) is 0 Å². The van der Waals surface area contributed by atoms with Gasteiger partial charge in [-0.05, 0) is 38.5 Å². The van der Waals surface area contributed by atoms with Crippen LogP contribution < -0.4 is 0 Å². The van der Waals surface area contributed by atoms with Crippen LogP contribution in [0.1, 0.15) is 142 Å². The Morgan fingerprint density at radius 3 is 1.65 bits per heavy atom. The number of carboxylic acid groups (broad SMARTS) is 1. The molecular formula is C27H50O4. The molecule has 0 saturated carbocycles. The maximum Gasteiger partial charge on any atom is 0.305 e. The van der Waals surface area contributed by atoms with Crippen molar-refractivity contribution >= 4 is 11.9 Å². The van der Waals surface area contributed by atoms with E-state index in [1.807, 2.05) is 0 Å². The molecule has 4 nitrogen and oxygen atoms in total. The number of hydrogen-bond acceptors (Lipinski definition) is 3. The van der Waals surface area contributed by atoms with Crippen LogP contribution in [0, 0.1) is 0 Å². The number of carbonyl (C=O) groups is 2. The lowest BCUT2D eigenvalue weighted by atomic mass is 10.0. The molecule has 0 aliphatic rings. The van der Waals surface area contributed by atoms with Crippen molar-refractivity contribution in [3.8, 4) is 0 Å². The van der Waals surface area contributed by atoms with Gasteiger partial charge in [-0.2, -0.15) is 0 Å². The van der Waals surface area contributed by atoms with Crippen molar-refractivity contribution in [2.24, 2.45) is 0 Å². The minimum Gasteiger partial charge on any atom is -0.481 e. The lowest BCUT2D eigenvalue weighted by Gasteiger charge is -2.05. The third kappa shape index (κ3) is 26.6. The van der Waals surface area contributed by atoms with Crippen molar-refractivity contribution in [3.63, 3.8) is 0 Å². The summed E-state index contributed by atoms with van der Waals surface area (Å²) in [6.45, 7) is 2.81. The Balaban J connectivity index is 3.20. The Hall–Kier alpha value is -1.32. The summed E-state index contributed by atoms with van der Waals surface area (Å²) in [5.41, 5.74) is 0. The molecule has 0 spiro atoms. The van der Waals surface area contributed by atoms with Crippen LogP contribution in [-0.2, 0) is 14.3 Å². The maximum absolute atomic E-state index is 11.7. The first-order chi connectivity index (χ1) is 15.2. The van der Waals surface area contributed by atoms with Crippen LogP contribution >= 0.6 is 0 Å². The van der Waals surface area contributed by atoms with Gasteiger partial charge in [-0.1, -0.05) is 103 Å². The van der Waals surface area contributed by atoms with Crippen LogP contribution in [0.5, 0.6) is 0 Å². The van der Waals surface area contributed by atoms with E-state index < -0.39 is 5.97 Å². The normalized spacial score (nSPS) is 11.3. The number of carboxylic acids is 1. The summed E-state index contributed by atoms with van der Waals surface area (Å²) >= 11 is 0. The molecule has 0 saturated heterocycles. The average molecular weight is 439 g/mol. The lowest BCUT2D eigenvalue weighted by molar-refractivity contribution is -0.144. The van der Waals surface area contributed by atoms with Crippen LogP contribution in [0.3, 0.4) is 0 Å². The second-order valence-corrected chi connectivity index (χ2v) is 8.82. The van der Waals surface area contributed by atoms with Crippen molar-refractivity contribution < 1.29 is 19.4 Å². The first kappa shape index (κ1) is 29.7. The third-order valence-electron chi connectivity index (χ3n) is 5.69. The third-order valence-corrected chi connectivity index (χ3v) is 5.69. The fourth-order valence-electron chi connectivity index (χ4n) is 3.69.